The van der Waals surface area contributed by atoms with Crippen molar-refractivity contribution in [2.24, 2.45) is 0 Å². The van der Waals surface area contributed by atoms with Crippen LogP contribution < -0.4 is 4.74 Å². The molecule has 0 atom stereocenters. The van der Waals surface area contributed by atoms with Gasteiger partial charge in [-0.3, -0.25) is 0 Å². The van der Waals surface area contributed by atoms with E-state index in [9.17, 15) is 8.78 Å². The lowest BCUT2D eigenvalue weighted by atomic mass is 10.1. The zero-order valence-corrected chi connectivity index (χ0v) is 8.69. The quantitative estimate of drug-likeness (QED) is 0.663. The molecule has 0 radical (unpaired) electrons. The Morgan fingerprint density at radius 1 is 0.941 bits per heavy atom. The van der Waals surface area contributed by atoms with Gasteiger partial charge in [-0.05, 0) is 12.1 Å². The van der Waals surface area contributed by atoms with E-state index in [4.69, 9.17) is 4.42 Å². The van der Waals surface area contributed by atoms with Crippen LogP contribution in [0.4, 0.5) is 8.78 Å². The van der Waals surface area contributed by atoms with Crippen molar-refractivity contribution in [1.29, 1.82) is 0 Å². The summed E-state index contributed by atoms with van der Waals surface area (Å²) >= 11 is 0. The average molecular weight is 234 g/mol. The molecule has 0 saturated heterocycles. The molecule has 0 aliphatic carbocycles. The van der Waals surface area contributed by atoms with Crippen molar-refractivity contribution in [1.82, 2.24) is 0 Å². The van der Waals surface area contributed by atoms with Gasteiger partial charge >= 0.3 is 6.61 Å². The number of ether oxygens (including phenoxy) is 1. The zero-order chi connectivity index (χ0) is 11.8. The fourth-order valence-corrected chi connectivity index (χ4v) is 1.91. The van der Waals surface area contributed by atoms with Crippen LogP contribution in [0.25, 0.3) is 21.9 Å². The normalized spacial score (nSPS) is 11.5. The molecule has 2 nitrogen and oxygen atoms in total. The second-order valence-corrected chi connectivity index (χ2v) is 3.61. The van der Waals surface area contributed by atoms with Crippen LogP contribution in [0, 0.1) is 0 Å². The maximum absolute atomic E-state index is 12.2. The highest BCUT2D eigenvalue weighted by Crippen LogP contribution is 2.34. The van der Waals surface area contributed by atoms with Gasteiger partial charge in [-0.1, -0.05) is 30.3 Å². The molecule has 0 fully saturated rings. The Hall–Kier alpha value is -2.10. The number of furan rings is 1. The summed E-state index contributed by atoms with van der Waals surface area (Å²) in [6.07, 6.45) is 0. The highest BCUT2D eigenvalue weighted by atomic mass is 19.3. The molecule has 0 bridgehead atoms. The van der Waals surface area contributed by atoms with Crippen LogP contribution in [0.2, 0.25) is 0 Å². The summed E-state index contributed by atoms with van der Waals surface area (Å²) in [7, 11) is 0. The van der Waals surface area contributed by atoms with Gasteiger partial charge in [0.05, 0.1) is 0 Å². The summed E-state index contributed by atoms with van der Waals surface area (Å²) in [5.41, 5.74) is 1.02. The Bertz CT molecular complexity index is 673. The van der Waals surface area contributed by atoms with E-state index in [0.717, 1.165) is 10.8 Å². The molecule has 0 aliphatic heterocycles. The second-order valence-electron chi connectivity index (χ2n) is 3.61. The van der Waals surface area contributed by atoms with Gasteiger partial charge in [-0.2, -0.15) is 8.78 Å². The van der Waals surface area contributed by atoms with E-state index in [1.165, 1.54) is 6.07 Å². The number of halogens is 2. The SMILES string of the molecule is FC(F)Oc1cccc2c1oc1ccccc12. The molecule has 0 N–H and O–H groups in total. The number of hydrogen-bond acceptors (Lipinski definition) is 2. The maximum Gasteiger partial charge on any atom is 0.387 e. The van der Waals surface area contributed by atoms with Crippen molar-refractivity contribution >= 4 is 21.9 Å². The lowest BCUT2D eigenvalue weighted by Crippen LogP contribution is -2.01. The number of alkyl halides is 2. The predicted molar refractivity (Wildman–Crippen MR) is 60.4 cm³/mol. The third-order valence-corrected chi connectivity index (χ3v) is 2.58. The van der Waals surface area contributed by atoms with E-state index in [-0.39, 0.29) is 5.75 Å². The molecule has 1 heterocycles. The molecule has 1 aromatic heterocycles. The van der Waals surface area contributed by atoms with Crippen LogP contribution in [0.3, 0.4) is 0 Å². The van der Waals surface area contributed by atoms with Gasteiger partial charge in [0.15, 0.2) is 11.3 Å². The fraction of sp³-hybridized carbons (Fsp3) is 0.0769. The summed E-state index contributed by atoms with van der Waals surface area (Å²) in [6, 6.07) is 12.3. The standard InChI is InChI=1S/C13H8F2O2/c14-13(15)17-11-7-3-5-9-8-4-1-2-6-10(8)16-12(9)11/h1-7,13H. The Morgan fingerprint density at radius 2 is 1.71 bits per heavy atom. The summed E-state index contributed by atoms with van der Waals surface area (Å²) < 4.78 is 34.4. The van der Waals surface area contributed by atoms with Gasteiger partial charge in [-0.15, -0.1) is 0 Å². The van der Waals surface area contributed by atoms with E-state index < -0.39 is 6.61 Å². The van der Waals surface area contributed by atoms with Crippen molar-refractivity contribution in [3.8, 4) is 5.75 Å². The van der Waals surface area contributed by atoms with Crippen LogP contribution >= 0.6 is 0 Å². The lowest BCUT2D eigenvalue weighted by molar-refractivity contribution is -0.0493. The summed E-state index contributed by atoms with van der Waals surface area (Å²) in [5, 5.41) is 1.67. The monoisotopic (exact) mass is 234 g/mol. The van der Waals surface area contributed by atoms with Crippen LogP contribution in [0.15, 0.2) is 46.9 Å². The lowest BCUT2D eigenvalue weighted by Gasteiger charge is -2.03. The molecule has 3 rings (SSSR count). The zero-order valence-electron chi connectivity index (χ0n) is 8.69. The van der Waals surface area contributed by atoms with E-state index in [1.54, 1.807) is 12.1 Å². The first-order valence-electron chi connectivity index (χ1n) is 5.11. The molecule has 2 aromatic carbocycles. The largest absolute Gasteiger partial charge is 0.452 e. The first-order chi connectivity index (χ1) is 8.25. The number of rotatable bonds is 2. The van der Waals surface area contributed by atoms with Crippen molar-refractivity contribution in [2.45, 2.75) is 6.61 Å². The van der Waals surface area contributed by atoms with Crippen molar-refractivity contribution in [3.63, 3.8) is 0 Å². The average Bonchev–Trinajstić information content (AvgIpc) is 2.68. The van der Waals surface area contributed by atoms with Gasteiger partial charge in [0.25, 0.3) is 0 Å². The smallest absolute Gasteiger partial charge is 0.387 e. The highest BCUT2D eigenvalue weighted by Gasteiger charge is 2.13. The molecule has 0 saturated carbocycles. The van der Waals surface area contributed by atoms with Gasteiger partial charge < -0.3 is 9.15 Å². The van der Waals surface area contributed by atoms with Gasteiger partial charge in [0.2, 0.25) is 0 Å². The molecule has 4 heteroatoms. The topological polar surface area (TPSA) is 22.4 Å². The van der Waals surface area contributed by atoms with E-state index >= 15 is 0 Å². The molecule has 0 aliphatic rings. The summed E-state index contributed by atoms with van der Waals surface area (Å²) in [6.45, 7) is -2.85. The van der Waals surface area contributed by atoms with E-state index in [1.807, 2.05) is 24.3 Å². The molecular formula is C13H8F2O2. The molecule has 0 unspecified atom stereocenters. The number of hydrogen-bond donors (Lipinski definition) is 0. The third kappa shape index (κ3) is 1.62. The van der Waals surface area contributed by atoms with Crippen molar-refractivity contribution in [2.75, 3.05) is 0 Å². The number of fused-ring (bicyclic) bond motifs is 3. The maximum atomic E-state index is 12.2. The molecule has 0 spiro atoms. The van der Waals surface area contributed by atoms with Crippen LogP contribution in [0.5, 0.6) is 5.75 Å². The molecular weight excluding hydrogens is 226 g/mol. The second kappa shape index (κ2) is 3.73. The molecule has 17 heavy (non-hydrogen) atoms. The highest BCUT2D eigenvalue weighted by molar-refractivity contribution is 6.06. The minimum atomic E-state index is -2.85. The first kappa shape index (κ1) is 10.1. The van der Waals surface area contributed by atoms with Gasteiger partial charge in [0, 0.05) is 10.8 Å². The minimum absolute atomic E-state index is 0.0636. The van der Waals surface area contributed by atoms with Crippen LogP contribution in [0.1, 0.15) is 0 Å². The number of benzene rings is 2. The van der Waals surface area contributed by atoms with Gasteiger partial charge in [-0.25, -0.2) is 0 Å². The Kier molecular flexibility index (Phi) is 2.21. The number of para-hydroxylation sites is 2. The Labute approximate surface area is 95.4 Å². The molecule has 3 aromatic rings. The first-order valence-corrected chi connectivity index (χ1v) is 5.11. The Balaban J connectivity index is 2.31. The van der Waals surface area contributed by atoms with Crippen molar-refractivity contribution < 1.29 is 17.9 Å². The third-order valence-electron chi connectivity index (χ3n) is 2.58. The predicted octanol–water partition coefficient (Wildman–Crippen LogP) is 4.19. The van der Waals surface area contributed by atoms with E-state index in [2.05, 4.69) is 4.74 Å². The summed E-state index contributed by atoms with van der Waals surface area (Å²) in [5.74, 6) is 0.0636. The van der Waals surface area contributed by atoms with E-state index in [0.29, 0.717) is 11.2 Å². The van der Waals surface area contributed by atoms with Crippen LogP contribution in [-0.2, 0) is 0 Å². The van der Waals surface area contributed by atoms with Gasteiger partial charge in [0.1, 0.15) is 5.58 Å². The van der Waals surface area contributed by atoms with Crippen LogP contribution in [-0.4, -0.2) is 6.61 Å². The molecule has 86 valence electrons. The Morgan fingerprint density at radius 3 is 2.53 bits per heavy atom. The molecule has 0 amide bonds. The van der Waals surface area contributed by atoms with Crippen molar-refractivity contribution in [3.05, 3.63) is 42.5 Å². The fourth-order valence-electron chi connectivity index (χ4n) is 1.91. The minimum Gasteiger partial charge on any atom is -0.452 e. The summed E-state index contributed by atoms with van der Waals surface area (Å²) in [4.78, 5) is 0.